The minimum Gasteiger partial charge on any atom is -0.378 e. The molecule has 1 aliphatic carbocycles. The Balaban J connectivity index is 0.000000154. The van der Waals surface area contributed by atoms with Crippen LogP contribution in [0.2, 0.25) is 10.0 Å². The average Bonchev–Trinajstić information content (AvgIpc) is 3.87. The number of benzene rings is 4. The highest BCUT2D eigenvalue weighted by molar-refractivity contribution is 6.31. The van der Waals surface area contributed by atoms with Crippen molar-refractivity contribution in [1.29, 1.82) is 0 Å². The first-order chi connectivity index (χ1) is 21.0. The third kappa shape index (κ3) is 7.00. The smallest absolute Gasteiger partial charge is 0.111 e. The van der Waals surface area contributed by atoms with Gasteiger partial charge in [-0.1, -0.05) is 82.9 Å². The molecule has 220 valence electrons. The van der Waals surface area contributed by atoms with Crippen LogP contribution in [0, 0.1) is 0 Å². The topological polar surface area (TPSA) is 96.8 Å². The zero-order valence-corrected chi connectivity index (χ0v) is 25.2. The summed E-state index contributed by atoms with van der Waals surface area (Å²) in [5.74, 6) is 0. The van der Waals surface area contributed by atoms with Gasteiger partial charge in [-0.3, -0.25) is 5.32 Å². The molecule has 0 saturated carbocycles. The quantitative estimate of drug-likeness (QED) is 0.0764. The van der Waals surface area contributed by atoms with E-state index in [9.17, 15) is 5.11 Å². The molecule has 1 saturated heterocycles. The third-order valence-corrected chi connectivity index (χ3v) is 8.67. The van der Waals surface area contributed by atoms with Crippen molar-refractivity contribution in [2.75, 3.05) is 24.6 Å². The molecule has 2 heterocycles. The summed E-state index contributed by atoms with van der Waals surface area (Å²) in [6.07, 6.45) is 3.43. The van der Waals surface area contributed by atoms with Gasteiger partial charge in [-0.2, -0.15) is 0 Å². The number of hydrogen-bond donors (Lipinski definition) is 2. The number of hydrogen-bond acceptors (Lipinski definition) is 5. The minimum absolute atomic E-state index is 0.0228. The van der Waals surface area contributed by atoms with Gasteiger partial charge < -0.3 is 14.7 Å². The lowest BCUT2D eigenvalue weighted by atomic mass is 9.94. The van der Waals surface area contributed by atoms with E-state index in [0.29, 0.717) is 11.1 Å². The molecule has 3 aliphatic rings. The monoisotopic (exact) mass is 613 g/mol. The molecule has 0 radical (unpaired) electrons. The maximum atomic E-state index is 10.1. The van der Waals surface area contributed by atoms with Crippen LogP contribution in [-0.2, 0) is 30.4 Å². The number of nitrogens with zero attached hydrogens (tertiary/aromatic N) is 4. The fourth-order valence-electron chi connectivity index (χ4n) is 6.04. The molecule has 43 heavy (non-hydrogen) atoms. The highest BCUT2D eigenvalue weighted by Gasteiger charge is 2.30. The molecule has 2 N–H and O–H groups in total. The van der Waals surface area contributed by atoms with Crippen LogP contribution in [0.1, 0.15) is 39.4 Å². The number of aliphatic hydroxyl groups is 1. The number of rotatable bonds is 6. The molecule has 0 spiro atoms. The summed E-state index contributed by atoms with van der Waals surface area (Å²) in [6, 6.07) is 28.7. The molecular weight excluding hydrogens is 581 g/mol. The number of aryl methyl sites for hydroxylation is 4. The largest absolute Gasteiger partial charge is 0.378 e. The number of anilines is 2. The minimum atomic E-state index is -0.922. The lowest BCUT2D eigenvalue weighted by Crippen LogP contribution is -2.35. The summed E-state index contributed by atoms with van der Waals surface area (Å²) in [5.41, 5.74) is 18.3. The van der Waals surface area contributed by atoms with E-state index in [1.807, 2.05) is 36.4 Å². The maximum Gasteiger partial charge on any atom is 0.111 e. The number of ether oxygens (including phenoxy) is 1. The normalized spacial score (nSPS) is 18.6. The fourth-order valence-corrected chi connectivity index (χ4v) is 6.39. The molecule has 3 atom stereocenters. The Hall–Kier alpha value is -3.55. The predicted molar refractivity (Wildman–Crippen MR) is 172 cm³/mol. The van der Waals surface area contributed by atoms with Gasteiger partial charge in [0, 0.05) is 26.3 Å². The van der Waals surface area contributed by atoms with Crippen molar-refractivity contribution < 1.29 is 9.84 Å². The highest BCUT2D eigenvalue weighted by atomic mass is 35.5. The molecule has 9 heteroatoms. The van der Waals surface area contributed by atoms with E-state index in [4.69, 9.17) is 33.5 Å². The molecule has 4 aromatic carbocycles. The Labute approximate surface area is 261 Å². The summed E-state index contributed by atoms with van der Waals surface area (Å²) in [7, 11) is 0. The fraction of sp³-hybridized carbons (Fsp3) is 0.294. The molecule has 2 aliphatic heterocycles. The van der Waals surface area contributed by atoms with E-state index in [0.717, 1.165) is 55.0 Å². The number of para-hydroxylation sites is 1. The van der Waals surface area contributed by atoms with Gasteiger partial charge in [0.05, 0.1) is 31.8 Å². The summed E-state index contributed by atoms with van der Waals surface area (Å²) in [5, 5.41) is 18.2. The van der Waals surface area contributed by atoms with E-state index in [1.54, 1.807) is 0 Å². The molecule has 0 bridgehead atoms. The van der Waals surface area contributed by atoms with Crippen molar-refractivity contribution in [3.8, 4) is 0 Å². The second-order valence-corrected chi connectivity index (χ2v) is 11.9. The SMILES string of the molecule is Clc1ccc2c(c1)N(CC1CO1)c1ccccc1CC2.[N-]=[N+]=NCC(O)NC1c2ccccc2CCc2ccc(Cl)cc21. The Morgan fingerprint density at radius 3 is 2.19 bits per heavy atom. The number of aliphatic hydroxyl groups excluding tert-OH is 1. The van der Waals surface area contributed by atoms with Crippen LogP contribution in [0.25, 0.3) is 10.4 Å². The van der Waals surface area contributed by atoms with Gasteiger partial charge in [-0.25, -0.2) is 0 Å². The molecule has 1 fully saturated rings. The van der Waals surface area contributed by atoms with Gasteiger partial charge in [0.25, 0.3) is 0 Å². The van der Waals surface area contributed by atoms with Crippen LogP contribution in [0.15, 0.2) is 90.0 Å². The predicted octanol–water partition coefficient (Wildman–Crippen LogP) is 7.72. The third-order valence-electron chi connectivity index (χ3n) is 8.20. The van der Waals surface area contributed by atoms with Gasteiger partial charge in [-0.15, -0.1) is 0 Å². The second kappa shape index (κ2) is 13.4. The average molecular weight is 615 g/mol. The Morgan fingerprint density at radius 1 is 0.837 bits per heavy atom. The maximum absolute atomic E-state index is 10.1. The lowest BCUT2D eigenvalue weighted by molar-refractivity contribution is 0.136. The molecule has 0 amide bonds. The molecule has 0 aromatic heterocycles. The second-order valence-electron chi connectivity index (χ2n) is 11.0. The molecule has 3 unspecified atom stereocenters. The standard InChI is InChI=1S/C17H17ClN4O.C17H16ClNO/c18-13-8-7-12-6-5-11-3-1-2-4-14(11)17(15(12)9-13)21-16(23)10-20-22-19;18-14-8-7-13-6-5-12-3-1-2-4-16(12)19(17(13)9-14)10-15-11-20-15/h1-4,7-9,16-17,21,23H,5-6,10H2;1-4,7-9,15H,5-6,10-11H2. The van der Waals surface area contributed by atoms with Crippen molar-refractivity contribution in [3.05, 3.63) is 139 Å². The van der Waals surface area contributed by atoms with Crippen molar-refractivity contribution in [2.45, 2.75) is 44.1 Å². The van der Waals surface area contributed by atoms with Gasteiger partial charge in [-0.05, 0) is 94.9 Å². The zero-order valence-electron chi connectivity index (χ0n) is 23.7. The molecule has 4 aromatic rings. The number of halogens is 2. The first-order valence-corrected chi connectivity index (χ1v) is 15.3. The summed E-state index contributed by atoms with van der Waals surface area (Å²) in [6.45, 7) is 1.75. The molecule has 7 rings (SSSR count). The lowest BCUT2D eigenvalue weighted by Gasteiger charge is -2.26. The van der Waals surface area contributed by atoms with Crippen molar-refractivity contribution in [3.63, 3.8) is 0 Å². The number of epoxide rings is 1. The van der Waals surface area contributed by atoms with Crippen molar-refractivity contribution in [2.24, 2.45) is 5.11 Å². The van der Waals surface area contributed by atoms with Gasteiger partial charge in [0.2, 0.25) is 0 Å². The first kappa shape index (κ1) is 29.5. The number of azide groups is 1. The zero-order chi connectivity index (χ0) is 29.8. The van der Waals surface area contributed by atoms with Crippen molar-refractivity contribution >= 4 is 34.6 Å². The van der Waals surface area contributed by atoms with E-state index in [2.05, 4.69) is 68.8 Å². The summed E-state index contributed by atoms with van der Waals surface area (Å²) in [4.78, 5) is 5.07. The molecular formula is C34H33Cl2N5O2. The van der Waals surface area contributed by atoms with Crippen LogP contribution in [-0.4, -0.2) is 37.1 Å². The Bertz CT molecular complexity index is 1650. The van der Waals surface area contributed by atoms with Crippen LogP contribution < -0.4 is 10.2 Å². The molecule has 7 nitrogen and oxygen atoms in total. The van der Waals surface area contributed by atoms with Gasteiger partial charge >= 0.3 is 0 Å². The first-order valence-electron chi connectivity index (χ1n) is 14.6. The summed E-state index contributed by atoms with van der Waals surface area (Å²) >= 11 is 12.4. The number of fused-ring (bicyclic) bond motifs is 4. The van der Waals surface area contributed by atoms with Crippen LogP contribution >= 0.6 is 23.2 Å². The Kier molecular flexibility index (Phi) is 9.20. The summed E-state index contributed by atoms with van der Waals surface area (Å²) < 4.78 is 5.44. The van der Waals surface area contributed by atoms with Crippen LogP contribution in [0.5, 0.6) is 0 Å². The van der Waals surface area contributed by atoms with E-state index in [-0.39, 0.29) is 12.6 Å². The number of nitrogens with one attached hydrogen (secondary N) is 1. The van der Waals surface area contributed by atoms with Gasteiger partial charge in [0.15, 0.2) is 0 Å². The van der Waals surface area contributed by atoms with E-state index in [1.165, 1.54) is 33.6 Å². The van der Waals surface area contributed by atoms with Crippen LogP contribution in [0.3, 0.4) is 0 Å². The van der Waals surface area contributed by atoms with Gasteiger partial charge in [0.1, 0.15) is 6.23 Å². The van der Waals surface area contributed by atoms with Crippen molar-refractivity contribution in [1.82, 2.24) is 5.32 Å². The van der Waals surface area contributed by atoms with E-state index >= 15 is 0 Å². The van der Waals surface area contributed by atoms with Crippen LogP contribution in [0.4, 0.5) is 11.4 Å². The Morgan fingerprint density at radius 2 is 1.44 bits per heavy atom. The highest BCUT2D eigenvalue weighted by Crippen LogP contribution is 2.38. The van der Waals surface area contributed by atoms with E-state index < -0.39 is 6.23 Å².